The van der Waals surface area contributed by atoms with Gasteiger partial charge in [0.2, 0.25) is 0 Å². The molecule has 1 aliphatic carbocycles. The zero-order chi connectivity index (χ0) is 10.9. The van der Waals surface area contributed by atoms with Crippen LogP contribution in [0.1, 0.15) is 6.42 Å². The lowest BCUT2D eigenvalue weighted by Gasteiger charge is -2.21. The third kappa shape index (κ3) is 2.90. The smallest absolute Gasteiger partial charge is 0.379 e. The van der Waals surface area contributed by atoms with Gasteiger partial charge in [0.1, 0.15) is 0 Å². The molecular formula is C8H7Cl2F3O. The van der Waals surface area contributed by atoms with Gasteiger partial charge in [0.15, 0.2) is 6.10 Å². The normalized spacial score (nSPS) is 25.4. The van der Waals surface area contributed by atoms with Crippen molar-refractivity contribution in [3.63, 3.8) is 0 Å². The van der Waals surface area contributed by atoms with E-state index in [9.17, 15) is 13.2 Å². The van der Waals surface area contributed by atoms with Gasteiger partial charge >= 0.3 is 6.18 Å². The second-order valence-electron chi connectivity index (χ2n) is 2.94. The van der Waals surface area contributed by atoms with Crippen LogP contribution in [-0.4, -0.2) is 22.8 Å². The van der Waals surface area contributed by atoms with Crippen molar-refractivity contribution >= 4 is 23.2 Å². The molecule has 1 rings (SSSR count). The van der Waals surface area contributed by atoms with E-state index in [0.29, 0.717) is 0 Å². The van der Waals surface area contributed by atoms with Gasteiger partial charge in [0.05, 0.1) is 5.38 Å². The van der Waals surface area contributed by atoms with Crippen molar-refractivity contribution in [2.75, 3.05) is 0 Å². The maximum Gasteiger partial charge on any atom is 0.418 e. The standard InChI is InChI=1S/C8H7Cl2F3O/c9-5-1-4(2-6(10)3-5)7(14)8(11,12)13/h1,3,6-7,14H,2H2. The van der Waals surface area contributed by atoms with E-state index in [1.54, 1.807) is 0 Å². The lowest BCUT2D eigenvalue weighted by Crippen LogP contribution is -2.32. The predicted molar refractivity (Wildman–Crippen MR) is 48.3 cm³/mol. The number of aliphatic hydroxyl groups is 1. The van der Waals surface area contributed by atoms with Crippen molar-refractivity contribution in [2.45, 2.75) is 24.1 Å². The minimum Gasteiger partial charge on any atom is -0.379 e. The Morgan fingerprint density at radius 1 is 1.50 bits per heavy atom. The van der Waals surface area contributed by atoms with Gasteiger partial charge in [-0.2, -0.15) is 13.2 Å². The average Bonchev–Trinajstić information content (AvgIpc) is 1.99. The van der Waals surface area contributed by atoms with Crippen LogP contribution in [0.4, 0.5) is 13.2 Å². The van der Waals surface area contributed by atoms with Crippen molar-refractivity contribution in [1.29, 1.82) is 0 Å². The molecule has 0 aromatic rings. The fourth-order valence-corrected chi connectivity index (χ4v) is 1.81. The van der Waals surface area contributed by atoms with Crippen molar-refractivity contribution in [3.05, 3.63) is 22.8 Å². The van der Waals surface area contributed by atoms with Gasteiger partial charge in [0, 0.05) is 5.03 Å². The first-order valence-corrected chi connectivity index (χ1v) is 4.59. The number of rotatable bonds is 1. The van der Waals surface area contributed by atoms with Crippen LogP contribution in [0.2, 0.25) is 0 Å². The zero-order valence-electron chi connectivity index (χ0n) is 6.85. The fourth-order valence-electron chi connectivity index (χ4n) is 1.14. The van der Waals surface area contributed by atoms with Gasteiger partial charge in [-0.15, -0.1) is 11.6 Å². The Balaban J connectivity index is 2.84. The van der Waals surface area contributed by atoms with Crippen LogP contribution in [0.3, 0.4) is 0 Å². The van der Waals surface area contributed by atoms with Crippen LogP contribution in [0.25, 0.3) is 0 Å². The summed E-state index contributed by atoms with van der Waals surface area (Å²) in [5.41, 5.74) is -0.204. The minimum atomic E-state index is -4.67. The zero-order valence-corrected chi connectivity index (χ0v) is 8.37. The van der Waals surface area contributed by atoms with Crippen LogP contribution < -0.4 is 0 Å². The third-order valence-corrected chi connectivity index (χ3v) is 2.27. The maximum atomic E-state index is 12.1. The van der Waals surface area contributed by atoms with E-state index in [4.69, 9.17) is 28.3 Å². The van der Waals surface area contributed by atoms with Crippen LogP contribution in [-0.2, 0) is 0 Å². The summed E-state index contributed by atoms with van der Waals surface area (Å²) in [6, 6.07) is 0. The molecule has 0 saturated heterocycles. The molecule has 80 valence electrons. The number of allylic oxidation sites excluding steroid dienone is 3. The van der Waals surface area contributed by atoms with Crippen LogP contribution in [0.15, 0.2) is 22.8 Å². The Morgan fingerprint density at radius 2 is 2.07 bits per heavy atom. The minimum absolute atomic E-state index is 0.0432. The molecule has 0 heterocycles. The number of aliphatic hydroxyl groups excluding tert-OH is 1. The van der Waals surface area contributed by atoms with Gasteiger partial charge in [-0.3, -0.25) is 0 Å². The number of hydrogen-bond acceptors (Lipinski definition) is 1. The van der Waals surface area contributed by atoms with E-state index in [1.165, 1.54) is 6.08 Å². The summed E-state index contributed by atoms with van der Waals surface area (Å²) in [5.74, 6) is 0. The largest absolute Gasteiger partial charge is 0.418 e. The summed E-state index contributed by atoms with van der Waals surface area (Å²) in [6.07, 6.45) is -4.67. The van der Waals surface area contributed by atoms with E-state index in [0.717, 1.165) is 6.08 Å². The molecule has 0 fully saturated rings. The lowest BCUT2D eigenvalue weighted by molar-refractivity contribution is -0.191. The van der Waals surface area contributed by atoms with E-state index in [1.807, 2.05) is 0 Å². The van der Waals surface area contributed by atoms with E-state index in [-0.39, 0.29) is 17.0 Å². The van der Waals surface area contributed by atoms with Gasteiger partial charge in [-0.25, -0.2) is 0 Å². The highest BCUT2D eigenvalue weighted by atomic mass is 35.5. The highest BCUT2D eigenvalue weighted by Crippen LogP contribution is 2.32. The molecule has 2 atom stereocenters. The number of alkyl halides is 4. The van der Waals surface area contributed by atoms with Crippen molar-refractivity contribution in [3.8, 4) is 0 Å². The number of halogens is 5. The first-order chi connectivity index (χ1) is 6.30. The molecule has 0 saturated carbocycles. The SMILES string of the molecule is OC(C1=CC(Cl)=CC(Cl)C1)C(F)(F)F. The first-order valence-electron chi connectivity index (χ1n) is 3.77. The second-order valence-corrected chi connectivity index (χ2v) is 3.93. The summed E-state index contributed by atoms with van der Waals surface area (Å²) in [6.45, 7) is 0. The van der Waals surface area contributed by atoms with E-state index >= 15 is 0 Å². The lowest BCUT2D eigenvalue weighted by atomic mass is 9.99. The molecule has 0 aromatic heterocycles. The van der Waals surface area contributed by atoms with Crippen molar-refractivity contribution in [2.24, 2.45) is 0 Å². The Morgan fingerprint density at radius 3 is 2.50 bits per heavy atom. The Bertz CT molecular complexity index is 283. The quantitative estimate of drug-likeness (QED) is 0.706. The highest BCUT2D eigenvalue weighted by Gasteiger charge is 2.41. The topological polar surface area (TPSA) is 20.2 Å². The average molecular weight is 247 g/mol. The summed E-state index contributed by atoms with van der Waals surface area (Å²) < 4.78 is 36.3. The molecule has 1 nitrogen and oxygen atoms in total. The van der Waals surface area contributed by atoms with Gasteiger partial charge in [-0.1, -0.05) is 11.6 Å². The van der Waals surface area contributed by atoms with E-state index in [2.05, 4.69) is 0 Å². The Hall–Kier alpha value is -0.190. The fraction of sp³-hybridized carbons (Fsp3) is 0.500. The second kappa shape index (κ2) is 4.13. The van der Waals surface area contributed by atoms with Gasteiger partial charge in [-0.05, 0) is 24.1 Å². The molecule has 0 amide bonds. The maximum absolute atomic E-state index is 12.1. The van der Waals surface area contributed by atoms with Crippen molar-refractivity contribution in [1.82, 2.24) is 0 Å². The molecule has 0 aliphatic heterocycles. The predicted octanol–water partition coefficient (Wildman–Crippen LogP) is 2.97. The summed E-state index contributed by atoms with van der Waals surface area (Å²) >= 11 is 11.1. The Kier molecular flexibility index (Phi) is 3.50. The van der Waals surface area contributed by atoms with E-state index < -0.39 is 17.7 Å². The molecule has 0 spiro atoms. The molecule has 1 N–H and O–H groups in total. The molecule has 0 bridgehead atoms. The summed E-state index contributed by atoms with van der Waals surface area (Å²) in [5, 5.41) is 8.43. The molecule has 0 aromatic carbocycles. The van der Waals surface area contributed by atoms with Crippen LogP contribution >= 0.6 is 23.2 Å². The molecule has 1 aliphatic rings. The summed E-state index contributed by atoms with van der Waals surface area (Å²) in [4.78, 5) is 0. The third-order valence-electron chi connectivity index (χ3n) is 1.76. The number of hydrogen-bond donors (Lipinski definition) is 1. The first kappa shape index (κ1) is 11.9. The van der Waals surface area contributed by atoms with Gasteiger partial charge in [0.25, 0.3) is 0 Å². The van der Waals surface area contributed by atoms with Crippen molar-refractivity contribution < 1.29 is 18.3 Å². The Labute approximate surface area is 88.8 Å². The molecule has 6 heteroatoms. The van der Waals surface area contributed by atoms with Crippen LogP contribution in [0, 0.1) is 0 Å². The molecule has 14 heavy (non-hydrogen) atoms. The van der Waals surface area contributed by atoms with Crippen LogP contribution in [0.5, 0.6) is 0 Å². The molecular weight excluding hydrogens is 240 g/mol. The summed E-state index contributed by atoms with van der Waals surface area (Å²) in [7, 11) is 0. The highest BCUT2D eigenvalue weighted by molar-refractivity contribution is 6.32. The monoisotopic (exact) mass is 246 g/mol. The van der Waals surface area contributed by atoms with Gasteiger partial charge < -0.3 is 5.11 Å². The molecule has 2 unspecified atom stereocenters. The molecule has 0 radical (unpaired) electrons.